The standard InChI is InChI=1S/C13H26N2O3S/c1-15(10-5-9-14)13(16)8-11-19(17,18)12-6-3-2-4-7-12/h12H,2-11,14H2,1H3. The molecular formula is C13H26N2O3S. The van der Waals surface area contributed by atoms with E-state index in [0.29, 0.717) is 13.1 Å². The van der Waals surface area contributed by atoms with Crippen molar-refractivity contribution >= 4 is 15.7 Å². The first-order valence-corrected chi connectivity index (χ1v) is 8.84. The highest BCUT2D eigenvalue weighted by Crippen LogP contribution is 2.24. The predicted octanol–water partition coefficient (Wildman–Crippen LogP) is 0.931. The molecule has 2 N–H and O–H groups in total. The molecule has 5 nitrogen and oxygen atoms in total. The molecule has 0 aromatic heterocycles. The molecule has 0 bridgehead atoms. The summed E-state index contributed by atoms with van der Waals surface area (Å²) in [6, 6.07) is 0. The Morgan fingerprint density at radius 1 is 1.26 bits per heavy atom. The molecule has 1 rings (SSSR count). The van der Waals surface area contributed by atoms with E-state index in [2.05, 4.69) is 0 Å². The Kier molecular flexibility index (Phi) is 6.79. The van der Waals surface area contributed by atoms with E-state index in [4.69, 9.17) is 5.73 Å². The number of rotatable bonds is 7. The van der Waals surface area contributed by atoms with Crippen molar-refractivity contribution in [1.29, 1.82) is 0 Å². The third-order valence-corrected chi connectivity index (χ3v) is 6.04. The summed E-state index contributed by atoms with van der Waals surface area (Å²) in [4.78, 5) is 13.4. The van der Waals surface area contributed by atoms with Gasteiger partial charge in [0.15, 0.2) is 9.84 Å². The summed E-state index contributed by atoms with van der Waals surface area (Å²) in [7, 11) is -1.40. The highest BCUT2D eigenvalue weighted by atomic mass is 32.2. The van der Waals surface area contributed by atoms with Crippen molar-refractivity contribution in [2.45, 2.75) is 50.2 Å². The van der Waals surface area contributed by atoms with Crippen LogP contribution in [0.5, 0.6) is 0 Å². The van der Waals surface area contributed by atoms with Crippen LogP contribution in [0.25, 0.3) is 0 Å². The van der Waals surface area contributed by atoms with E-state index >= 15 is 0 Å². The van der Waals surface area contributed by atoms with E-state index in [0.717, 1.165) is 38.5 Å². The molecule has 1 aliphatic carbocycles. The van der Waals surface area contributed by atoms with Gasteiger partial charge in [0.2, 0.25) is 5.91 Å². The van der Waals surface area contributed by atoms with E-state index in [1.165, 1.54) is 0 Å². The van der Waals surface area contributed by atoms with Gasteiger partial charge in [0, 0.05) is 20.0 Å². The Morgan fingerprint density at radius 2 is 1.89 bits per heavy atom. The van der Waals surface area contributed by atoms with Crippen molar-refractivity contribution < 1.29 is 13.2 Å². The van der Waals surface area contributed by atoms with Crippen molar-refractivity contribution in [2.24, 2.45) is 5.73 Å². The first-order chi connectivity index (χ1) is 8.97. The minimum absolute atomic E-state index is 0.0105. The van der Waals surface area contributed by atoms with Gasteiger partial charge in [-0.05, 0) is 25.8 Å². The molecule has 1 saturated carbocycles. The lowest BCUT2D eigenvalue weighted by Crippen LogP contribution is -2.32. The van der Waals surface area contributed by atoms with Crippen LogP contribution >= 0.6 is 0 Å². The van der Waals surface area contributed by atoms with Crippen LogP contribution in [0, 0.1) is 0 Å². The van der Waals surface area contributed by atoms with Crippen molar-refractivity contribution in [3.8, 4) is 0 Å². The number of hydrogen-bond donors (Lipinski definition) is 1. The molecule has 112 valence electrons. The molecule has 0 aromatic carbocycles. The van der Waals surface area contributed by atoms with Crippen molar-refractivity contribution in [3.63, 3.8) is 0 Å². The summed E-state index contributed by atoms with van der Waals surface area (Å²) in [5.74, 6) is -0.114. The van der Waals surface area contributed by atoms with Crippen molar-refractivity contribution in [2.75, 3.05) is 25.9 Å². The Labute approximate surface area is 116 Å². The fourth-order valence-electron chi connectivity index (χ4n) is 2.46. The van der Waals surface area contributed by atoms with E-state index in [1.54, 1.807) is 11.9 Å². The van der Waals surface area contributed by atoms with Crippen molar-refractivity contribution in [1.82, 2.24) is 4.90 Å². The van der Waals surface area contributed by atoms with Crippen LogP contribution in [0.4, 0.5) is 0 Å². The van der Waals surface area contributed by atoms with Crippen molar-refractivity contribution in [3.05, 3.63) is 0 Å². The minimum Gasteiger partial charge on any atom is -0.346 e. The molecule has 0 spiro atoms. The second kappa shape index (κ2) is 7.85. The van der Waals surface area contributed by atoms with Gasteiger partial charge in [-0.2, -0.15) is 0 Å². The van der Waals surface area contributed by atoms with Crippen LogP contribution in [-0.4, -0.2) is 50.4 Å². The van der Waals surface area contributed by atoms with Gasteiger partial charge in [-0.25, -0.2) is 8.42 Å². The fraction of sp³-hybridized carbons (Fsp3) is 0.923. The SMILES string of the molecule is CN(CCCN)C(=O)CCS(=O)(=O)C1CCCCC1. The third kappa shape index (κ3) is 5.48. The molecule has 0 aromatic rings. The van der Waals surface area contributed by atoms with Crippen LogP contribution in [0.15, 0.2) is 0 Å². The maximum atomic E-state index is 12.1. The second-order valence-corrected chi connectivity index (χ2v) is 7.74. The van der Waals surface area contributed by atoms with E-state index < -0.39 is 9.84 Å². The summed E-state index contributed by atoms with van der Waals surface area (Å²) in [5.41, 5.74) is 5.38. The monoisotopic (exact) mass is 290 g/mol. The Bertz CT molecular complexity index is 375. The summed E-state index contributed by atoms with van der Waals surface area (Å²) in [6.45, 7) is 1.14. The van der Waals surface area contributed by atoms with Gasteiger partial charge in [0.05, 0.1) is 11.0 Å². The molecular weight excluding hydrogens is 264 g/mol. The highest BCUT2D eigenvalue weighted by molar-refractivity contribution is 7.92. The lowest BCUT2D eigenvalue weighted by molar-refractivity contribution is -0.129. The summed E-state index contributed by atoms with van der Waals surface area (Å²) >= 11 is 0. The molecule has 0 radical (unpaired) electrons. The first-order valence-electron chi connectivity index (χ1n) is 7.13. The third-order valence-electron chi connectivity index (χ3n) is 3.78. The Balaban J connectivity index is 2.39. The maximum Gasteiger partial charge on any atom is 0.223 e. The molecule has 0 heterocycles. The molecule has 1 fully saturated rings. The molecule has 1 amide bonds. The average Bonchev–Trinajstić information content (AvgIpc) is 2.43. The molecule has 0 saturated heterocycles. The normalized spacial score (nSPS) is 17.4. The zero-order valence-corrected chi connectivity index (χ0v) is 12.6. The van der Waals surface area contributed by atoms with E-state index in [1.807, 2.05) is 0 Å². The number of carbonyl (C=O) groups excluding carboxylic acids is 1. The molecule has 1 aliphatic rings. The summed E-state index contributed by atoms with van der Waals surface area (Å²) in [6.07, 6.45) is 5.49. The van der Waals surface area contributed by atoms with Crippen LogP contribution in [0.3, 0.4) is 0 Å². The number of sulfone groups is 1. The van der Waals surface area contributed by atoms with Crippen LogP contribution in [0.1, 0.15) is 44.9 Å². The first kappa shape index (κ1) is 16.4. The summed E-state index contributed by atoms with van der Waals surface area (Å²) < 4.78 is 24.3. The predicted molar refractivity (Wildman–Crippen MR) is 76.6 cm³/mol. The van der Waals surface area contributed by atoms with Gasteiger partial charge in [0.25, 0.3) is 0 Å². The number of nitrogens with zero attached hydrogens (tertiary/aromatic N) is 1. The Morgan fingerprint density at radius 3 is 2.47 bits per heavy atom. The fourth-order valence-corrected chi connectivity index (χ4v) is 4.31. The van der Waals surface area contributed by atoms with Crippen LogP contribution < -0.4 is 5.73 Å². The van der Waals surface area contributed by atoms with Gasteiger partial charge in [0.1, 0.15) is 0 Å². The largest absolute Gasteiger partial charge is 0.346 e. The number of nitrogens with two attached hydrogens (primary N) is 1. The average molecular weight is 290 g/mol. The smallest absolute Gasteiger partial charge is 0.223 e. The number of amides is 1. The lowest BCUT2D eigenvalue weighted by atomic mass is 10.0. The van der Waals surface area contributed by atoms with Gasteiger partial charge in [-0.3, -0.25) is 4.79 Å². The van der Waals surface area contributed by atoms with Gasteiger partial charge < -0.3 is 10.6 Å². The van der Waals surface area contributed by atoms with Gasteiger partial charge in [-0.1, -0.05) is 19.3 Å². The number of carbonyl (C=O) groups is 1. The molecule has 19 heavy (non-hydrogen) atoms. The highest BCUT2D eigenvalue weighted by Gasteiger charge is 2.27. The summed E-state index contributed by atoms with van der Waals surface area (Å²) in [5, 5.41) is -0.219. The van der Waals surface area contributed by atoms with Gasteiger partial charge in [-0.15, -0.1) is 0 Å². The zero-order chi connectivity index (χ0) is 14.3. The number of hydrogen-bond acceptors (Lipinski definition) is 4. The van der Waals surface area contributed by atoms with Crippen LogP contribution in [0.2, 0.25) is 0 Å². The Hall–Kier alpha value is -0.620. The molecule has 0 unspecified atom stereocenters. The van der Waals surface area contributed by atoms with Gasteiger partial charge >= 0.3 is 0 Å². The maximum absolute atomic E-state index is 12.1. The second-order valence-electron chi connectivity index (χ2n) is 5.33. The van der Waals surface area contributed by atoms with E-state index in [-0.39, 0.29) is 23.3 Å². The minimum atomic E-state index is -3.10. The molecule has 0 aliphatic heterocycles. The van der Waals surface area contributed by atoms with E-state index in [9.17, 15) is 13.2 Å². The van der Waals surface area contributed by atoms with Crippen LogP contribution in [-0.2, 0) is 14.6 Å². The molecule has 0 atom stereocenters. The zero-order valence-electron chi connectivity index (χ0n) is 11.8. The topological polar surface area (TPSA) is 80.5 Å². The lowest BCUT2D eigenvalue weighted by Gasteiger charge is -2.22. The molecule has 6 heteroatoms. The quantitative estimate of drug-likeness (QED) is 0.756.